The Morgan fingerprint density at radius 2 is 1.90 bits per heavy atom. The van der Waals surface area contributed by atoms with E-state index in [0.29, 0.717) is 17.5 Å². The zero-order valence-corrected chi connectivity index (χ0v) is 24.2. The fraction of sp³-hybridized carbons (Fsp3) is 0.433. The fourth-order valence-electron chi connectivity index (χ4n) is 6.00. The predicted octanol–water partition coefficient (Wildman–Crippen LogP) is 5.47. The third-order valence-electron chi connectivity index (χ3n) is 8.24. The molecular weight excluding hydrogens is 546 g/mol. The second-order valence-electron chi connectivity index (χ2n) is 10.9. The van der Waals surface area contributed by atoms with Crippen LogP contribution in [0.5, 0.6) is 0 Å². The average Bonchev–Trinajstić information content (AvgIpc) is 3.67. The fourth-order valence-corrected chi connectivity index (χ4v) is 8.15. The van der Waals surface area contributed by atoms with Gasteiger partial charge in [-0.1, -0.05) is 55.5 Å². The quantitative estimate of drug-likeness (QED) is 0.371. The highest BCUT2D eigenvalue weighted by Crippen LogP contribution is 2.64. The highest BCUT2D eigenvalue weighted by Gasteiger charge is 2.57. The van der Waals surface area contributed by atoms with E-state index in [1.54, 1.807) is 31.2 Å². The first kappa shape index (κ1) is 28.1. The second kappa shape index (κ2) is 11.3. The van der Waals surface area contributed by atoms with Crippen molar-refractivity contribution < 1.29 is 23.0 Å². The molecule has 0 radical (unpaired) electrons. The van der Waals surface area contributed by atoms with Crippen molar-refractivity contribution in [3.05, 3.63) is 94.0 Å². The average molecular weight is 581 g/mol. The lowest BCUT2D eigenvalue weighted by Crippen LogP contribution is -2.37. The van der Waals surface area contributed by atoms with Crippen LogP contribution in [0, 0.1) is 6.92 Å². The molecule has 41 heavy (non-hydrogen) atoms. The first-order valence-electron chi connectivity index (χ1n) is 14.0. The standard InChI is InChI=1S/C30H34FN4O5P/c1-4-22-25(39-41-35-17-11-16-23(35)30(3,40-41)21-14-9-6-10-15-21)24(31)28(38-22)34-18-19(2)26(33-29(34)37)32-27(36)20-12-7-5-8-13-20/h5-10,12-15,18,22-25,28H,4,11,16-17H2,1-3H3,(H,32,33,36,37)/t22-,23-,24?,25+,28-,30+,41-/m1/s1. The van der Waals surface area contributed by atoms with Gasteiger partial charge in [0.05, 0.1) is 12.1 Å². The summed E-state index contributed by atoms with van der Waals surface area (Å²) in [6, 6.07) is 18.9. The van der Waals surface area contributed by atoms with Gasteiger partial charge in [0, 0.05) is 23.9 Å². The van der Waals surface area contributed by atoms with Gasteiger partial charge in [-0.2, -0.15) is 4.98 Å². The van der Waals surface area contributed by atoms with Crippen molar-refractivity contribution in [2.45, 2.75) is 76.3 Å². The van der Waals surface area contributed by atoms with Gasteiger partial charge in [-0.25, -0.2) is 13.9 Å². The smallest absolute Gasteiger partial charge is 0.349 e. The maximum Gasteiger partial charge on any atom is 0.351 e. The van der Waals surface area contributed by atoms with E-state index in [0.717, 1.165) is 29.5 Å². The van der Waals surface area contributed by atoms with Gasteiger partial charge in [0.25, 0.3) is 14.4 Å². The summed E-state index contributed by atoms with van der Waals surface area (Å²) >= 11 is 0. The monoisotopic (exact) mass is 580 g/mol. The number of carbonyl (C=O) groups is 1. The molecule has 0 saturated carbocycles. The number of rotatable bonds is 7. The van der Waals surface area contributed by atoms with Gasteiger partial charge in [-0.3, -0.25) is 9.36 Å². The molecule has 3 fully saturated rings. The number of alkyl halides is 1. The van der Waals surface area contributed by atoms with Crippen molar-refractivity contribution in [2.24, 2.45) is 0 Å². The van der Waals surface area contributed by atoms with Crippen molar-refractivity contribution in [2.75, 3.05) is 11.9 Å². The maximum atomic E-state index is 16.2. The van der Waals surface area contributed by atoms with Crippen LogP contribution in [-0.4, -0.2) is 51.1 Å². The van der Waals surface area contributed by atoms with Crippen molar-refractivity contribution in [3.8, 4) is 0 Å². The topological polar surface area (TPSA) is 94.9 Å². The molecule has 1 amide bonds. The molecule has 11 heteroatoms. The number of aromatic nitrogens is 2. The molecule has 1 N–H and O–H groups in total. The summed E-state index contributed by atoms with van der Waals surface area (Å²) in [5, 5.41) is 2.67. The number of amides is 1. The van der Waals surface area contributed by atoms with Crippen LogP contribution in [-0.2, 0) is 19.4 Å². The summed E-state index contributed by atoms with van der Waals surface area (Å²) in [5.41, 5.74) is 0.729. The summed E-state index contributed by atoms with van der Waals surface area (Å²) in [4.78, 5) is 29.7. The molecule has 2 aromatic carbocycles. The zero-order chi connectivity index (χ0) is 28.7. The number of halogens is 1. The minimum Gasteiger partial charge on any atom is -0.349 e. The summed E-state index contributed by atoms with van der Waals surface area (Å²) in [7, 11) is -1.54. The highest BCUT2D eigenvalue weighted by molar-refractivity contribution is 7.45. The summed E-state index contributed by atoms with van der Waals surface area (Å²) in [5.74, 6) is -0.267. The molecular formula is C30H34FN4O5P. The molecule has 1 unspecified atom stereocenters. The first-order valence-corrected chi connectivity index (χ1v) is 15.2. The number of fused-ring (bicyclic) bond motifs is 1. The molecule has 0 aliphatic carbocycles. The lowest BCUT2D eigenvalue weighted by molar-refractivity contribution is -0.0272. The number of aryl methyl sites for hydroxylation is 1. The Kier molecular flexibility index (Phi) is 7.78. The molecule has 6 rings (SSSR count). The van der Waals surface area contributed by atoms with Crippen molar-refractivity contribution >= 4 is 20.3 Å². The third kappa shape index (κ3) is 5.13. The lowest BCUT2D eigenvalue weighted by atomic mass is 9.87. The van der Waals surface area contributed by atoms with Crippen molar-refractivity contribution in [1.29, 1.82) is 0 Å². The van der Waals surface area contributed by atoms with Crippen LogP contribution in [0.1, 0.15) is 60.8 Å². The van der Waals surface area contributed by atoms with Gasteiger partial charge in [-0.05, 0) is 50.8 Å². The van der Waals surface area contributed by atoms with E-state index in [1.165, 1.54) is 6.20 Å². The number of carbonyl (C=O) groups excluding carboxylic acids is 1. The van der Waals surface area contributed by atoms with Gasteiger partial charge in [0.15, 0.2) is 12.4 Å². The third-order valence-corrected chi connectivity index (χ3v) is 10.1. The molecule has 1 aromatic heterocycles. The van der Waals surface area contributed by atoms with Crippen LogP contribution in [0.3, 0.4) is 0 Å². The van der Waals surface area contributed by atoms with E-state index in [2.05, 4.69) is 34.0 Å². The molecule has 3 saturated heterocycles. The first-order chi connectivity index (χ1) is 19.8. The number of nitrogens with zero attached hydrogens (tertiary/aromatic N) is 3. The predicted molar refractivity (Wildman–Crippen MR) is 153 cm³/mol. The van der Waals surface area contributed by atoms with E-state index in [1.807, 2.05) is 31.2 Å². The number of hydrogen-bond acceptors (Lipinski definition) is 7. The van der Waals surface area contributed by atoms with E-state index >= 15 is 4.39 Å². The summed E-state index contributed by atoms with van der Waals surface area (Å²) in [6.45, 7) is 6.51. The van der Waals surface area contributed by atoms with E-state index in [-0.39, 0.29) is 17.8 Å². The van der Waals surface area contributed by atoms with Crippen LogP contribution in [0.2, 0.25) is 0 Å². The Bertz CT molecular complexity index is 1460. The minimum atomic E-state index is -1.63. The Hall–Kier alpha value is -3.01. The van der Waals surface area contributed by atoms with E-state index in [4.69, 9.17) is 13.8 Å². The van der Waals surface area contributed by atoms with Crippen LogP contribution in [0.25, 0.3) is 0 Å². The SMILES string of the molecule is CC[C@H]1O[C@@H](n2cc(C)c(NC(=O)c3ccccc3)nc2=O)C(F)[C@H]1O[P@]1O[C@@](C)(c2ccccc2)[C@H]2CCCN21. The molecule has 4 heterocycles. The van der Waals surface area contributed by atoms with Crippen molar-refractivity contribution in [1.82, 2.24) is 14.2 Å². The summed E-state index contributed by atoms with van der Waals surface area (Å²) in [6.07, 6.45) is -0.364. The number of nitrogens with one attached hydrogen (secondary N) is 1. The van der Waals surface area contributed by atoms with Crippen LogP contribution < -0.4 is 11.0 Å². The maximum absolute atomic E-state index is 16.2. The Labute approximate surface area is 239 Å². The van der Waals surface area contributed by atoms with Crippen LogP contribution >= 0.6 is 8.53 Å². The molecule has 3 aliphatic rings. The lowest BCUT2D eigenvalue weighted by Gasteiger charge is -2.29. The molecule has 216 valence electrons. The Morgan fingerprint density at radius 1 is 1.20 bits per heavy atom. The van der Waals surface area contributed by atoms with Gasteiger partial charge in [0.2, 0.25) is 0 Å². The highest BCUT2D eigenvalue weighted by atomic mass is 31.2. The molecule has 0 spiro atoms. The normalized spacial score (nSPS) is 31.3. The largest absolute Gasteiger partial charge is 0.351 e. The van der Waals surface area contributed by atoms with Crippen LogP contribution in [0.15, 0.2) is 71.7 Å². The number of ether oxygens (including phenoxy) is 1. The second-order valence-corrected chi connectivity index (χ2v) is 12.3. The molecule has 9 nitrogen and oxygen atoms in total. The van der Waals surface area contributed by atoms with Gasteiger partial charge < -0.3 is 19.1 Å². The molecule has 3 aliphatic heterocycles. The van der Waals surface area contributed by atoms with Crippen molar-refractivity contribution in [3.63, 3.8) is 0 Å². The van der Waals surface area contributed by atoms with Gasteiger partial charge in [0.1, 0.15) is 17.5 Å². The molecule has 0 bridgehead atoms. The minimum absolute atomic E-state index is 0.122. The van der Waals surface area contributed by atoms with E-state index < -0.39 is 44.4 Å². The Morgan fingerprint density at radius 3 is 2.61 bits per heavy atom. The molecule has 7 atom stereocenters. The molecule has 3 aromatic rings. The Balaban J connectivity index is 1.21. The number of benzene rings is 2. The number of hydrogen-bond donors (Lipinski definition) is 1. The van der Waals surface area contributed by atoms with Crippen LogP contribution in [0.4, 0.5) is 10.2 Å². The number of anilines is 1. The van der Waals surface area contributed by atoms with E-state index in [9.17, 15) is 9.59 Å². The van der Waals surface area contributed by atoms with Gasteiger partial charge in [-0.15, -0.1) is 0 Å². The zero-order valence-electron chi connectivity index (χ0n) is 23.3. The summed E-state index contributed by atoms with van der Waals surface area (Å²) < 4.78 is 38.7. The van der Waals surface area contributed by atoms with Gasteiger partial charge >= 0.3 is 5.69 Å².